The molecule has 0 spiro atoms. The van der Waals surface area contributed by atoms with E-state index in [2.05, 4.69) is 21.6 Å². The molecule has 1 aliphatic rings. The molecule has 5 heteroatoms. The monoisotopic (exact) mass is 236 g/mol. The number of hydrogen-bond donors (Lipinski definition) is 1. The molecule has 86 valence electrons. The van der Waals surface area contributed by atoms with Crippen LogP contribution in [0.25, 0.3) is 11.2 Å². The van der Waals surface area contributed by atoms with Gasteiger partial charge in [-0.15, -0.1) is 0 Å². The summed E-state index contributed by atoms with van der Waals surface area (Å²) in [6, 6.07) is 0.584. The zero-order valence-corrected chi connectivity index (χ0v) is 10.6. The molecular weight excluding hydrogens is 220 g/mol. The number of nitrogens with zero attached hydrogens (tertiary/aromatic N) is 3. The quantitative estimate of drug-likeness (QED) is 0.814. The number of aryl methyl sites for hydroxylation is 2. The molecule has 1 aliphatic carbocycles. The van der Waals surface area contributed by atoms with Crippen LogP contribution in [0.5, 0.6) is 0 Å². The molecule has 2 aromatic rings. The van der Waals surface area contributed by atoms with Crippen LogP contribution in [-0.2, 0) is 7.05 Å². The SMILES string of the molecule is CCC1CC1n1c(=S)[nH]c2c(C)nn(C)c21. The second-order valence-corrected chi connectivity index (χ2v) is 5.07. The molecule has 0 saturated heterocycles. The second-order valence-electron chi connectivity index (χ2n) is 4.68. The Morgan fingerprint density at radius 1 is 1.56 bits per heavy atom. The lowest BCUT2D eigenvalue weighted by Gasteiger charge is -2.02. The fourth-order valence-corrected chi connectivity index (χ4v) is 2.95. The fourth-order valence-electron chi connectivity index (χ4n) is 2.63. The van der Waals surface area contributed by atoms with Gasteiger partial charge in [0.1, 0.15) is 5.52 Å². The molecule has 0 radical (unpaired) electrons. The van der Waals surface area contributed by atoms with Crippen LogP contribution in [-0.4, -0.2) is 19.3 Å². The van der Waals surface area contributed by atoms with Gasteiger partial charge in [0.25, 0.3) is 0 Å². The van der Waals surface area contributed by atoms with Crippen molar-refractivity contribution >= 4 is 23.4 Å². The van der Waals surface area contributed by atoms with Crippen molar-refractivity contribution in [2.75, 3.05) is 0 Å². The number of nitrogens with one attached hydrogen (secondary N) is 1. The number of rotatable bonds is 2. The first kappa shape index (κ1) is 10.1. The van der Waals surface area contributed by atoms with Crippen molar-refractivity contribution in [3.63, 3.8) is 0 Å². The van der Waals surface area contributed by atoms with Crippen LogP contribution in [0.3, 0.4) is 0 Å². The van der Waals surface area contributed by atoms with E-state index in [0.29, 0.717) is 6.04 Å². The van der Waals surface area contributed by atoms with Gasteiger partial charge in [0.2, 0.25) is 0 Å². The van der Waals surface area contributed by atoms with E-state index in [0.717, 1.165) is 27.5 Å². The topological polar surface area (TPSA) is 38.5 Å². The van der Waals surface area contributed by atoms with Crippen molar-refractivity contribution in [2.24, 2.45) is 13.0 Å². The van der Waals surface area contributed by atoms with E-state index in [4.69, 9.17) is 12.2 Å². The Labute approximate surface area is 99.3 Å². The van der Waals surface area contributed by atoms with E-state index < -0.39 is 0 Å². The van der Waals surface area contributed by atoms with Gasteiger partial charge in [-0.2, -0.15) is 5.10 Å². The molecular formula is C11H16N4S. The van der Waals surface area contributed by atoms with Crippen LogP contribution < -0.4 is 0 Å². The van der Waals surface area contributed by atoms with Crippen molar-refractivity contribution < 1.29 is 0 Å². The third-order valence-corrected chi connectivity index (χ3v) is 3.91. The maximum absolute atomic E-state index is 5.41. The summed E-state index contributed by atoms with van der Waals surface area (Å²) in [6.07, 6.45) is 2.48. The summed E-state index contributed by atoms with van der Waals surface area (Å²) >= 11 is 5.41. The first-order valence-corrected chi connectivity index (χ1v) is 6.18. The standard InChI is InChI=1S/C11H16N4S/c1-4-7-5-8(7)15-10-9(12-11(15)16)6(2)13-14(10)3/h7-8H,4-5H2,1-3H3,(H,12,16). The normalized spacial score (nSPS) is 24.2. The summed E-state index contributed by atoms with van der Waals surface area (Å²) in [7, 11) is 1.98. The molecule has 1 N–H and O–H groups in total. The molecule has 0 amide bonds. The Hall–Kier alpha value is -1.10. The predicted molar refractivity (Wildman–Crippen MR) is 66.1 cm³/mol. The number of hydrogen-bond acceptors (Lipinski definition) is 2. The van der Waals surface area contributed by atoms with Crippen LogP contribution in [0.4, 0.5) is 0 Å². The molecule has 0 aliphatic heterocycles. The predicted octanol–water partition coefficient (Wildman–Crippen LogP) is 2.71. The molecule has 2 heterocycles. The highest BCUT2D eigenvalue weighted by Gasteiger charge is 2.39. The molecule has 2 aromatic heterocycles. The zero-order chi connectivity index (χ0) is 11.4. The average Bonchev–Trinajstić information content (AvgIpc) is 2.86. The van der Waals surface area contributed by atoms with Crippen molar-refractivity contribution in [2.45, 2.75) is 32.7 Å². The summed E-state index contributed by atoms with van der Waals surface area (Å²) in [6.45, 7) is 4.26. The first-order valence-electron chi connectivity index (χ1n) is 5.77. The molecule has 1 saturated carbocycles. The molecule has 2 atom stereocenters. The number of aromatic nitrogens is 4. The van der Waals surface area contributed by atoms with Crippen LogP contribution in [0.1, 0.15) is 31.5 Å². The smallest absolute Gasteiger partial charge is 0.179 e. The van der Waals surface area contributed by atoms with Gasteiger partial charge in [-0.05, 0) is 31.5 Å². The highest BCUT2D eigenvalue weighted by Crippen LogP contribution is 2.47. The number of aromatic amines is 1. The van der Waals surface area contributed by atoms with Gasteiger partial charge in [-0.1, -0.05) is 13.3 Å². The summed E-state index contributed by atoms with van der Waals surface area (Å²) in [5.41, 5.74) is 3.26. The first-order chi connectivity index (χ1) is 7.63. The molecule has 4 nitrogen and oxygen atoms in total. The maximum atomic E-state index is 5.41. The van der Waals surface area contributed by atoms with Crippen molar-refractivity contribution in [1.29, 1.82) is 0 Å². The molecule has 0 bridgehead atoms. The van der Waals surface area contributed by atoms with Crippen LogP contribution in [0.15, 0.2) is 0 Å². The largest absolute Gasteiger partial charge is 0.328 e. The Balaban J connectivity index is 2.24. The van der Waals surface area contributed by atoms with Gasteiger partial charge in [0, 0.05) is 13.1 Å². The Bertz CT molecular complexity index is 603. The minimum atomic E-state index is 0.584. The summed E-state index contributed by atoms with van der Waals surface area (Å²) in [4.78, 5) is 3.28. The van der Waals surface area contributed by atoms with Crippen LogP contribution in [0, 0.1) is 17.6 Å². The number of imidazole rings is 1. The van der Waals surface area contributed by atoms with Gasteiger partial charge in [-0.3, -0.25) is 9.25 Å². The summed E-state index contributed by atoms with van der Waals surface area (Å²) < 4.78 is 5.02. The number of fused-ring (bicyclic) bond motifs is 1. The van der Waals surface area contributed by atoms with Crippen molar-refractivity contribution in [3.8, 4) is 0 Å². The lowest BCUT2D eigenvalue weighted by atomic mass is 10.3. The zero-order valence-electron chi connectivity index (χ0n) is 9.82. The lowest BCUT2D eigenvalue weighted by molar-refractivity contribution is 0.625. The molecule has 2 unspecified atom stereocenters. The third-order valence-electron chi connectivity index (χ3n) is 3.61. The Morgan fingerprint density at radius 2 is 2.31 bits per heavy atom. The Morgan fingerprint density at radius 3 is 2.94 bits per heavy atom. The van der Waals surface area contributed by atoms with Crippen molar-refractivity contribution in [1.82, 2.24) is 19.3 Å². The minimum absolute atomic E-state index is 0.584. The van der Waals surface area contributed by atoms with Crippen LogP contribution in [0.2, 0.25) is 0 Å². The van der Waals surface area contributed by atoms with Crippen molar-refractivity contribution in [3.05, 3.63) is 10.5 Å². The van der Waals surface area contributed by atoms with Crippen LogP contribution >= 0.6 is 12.2 Å². The lowest BCUT2D eigenvalue weighted by Crippen LogP contribution is -2.02. The third kappa shape index (κ3) is 1.21. The number of H-pyrrole nitrogens is 1. The maximum Gasteiger partial charge on any atom is 0.179 e. The van der Waals surface area contributed by atoms with Gasteiger partial charge in [0.05, 0.1) is 5.69 Å². The highest BCUT2D eigenvalue weighted by molar-refractivity contribution is 7.71. The van der Waals surface area contributed by atoms with Gasteiger partial charge in [0.15, 0.2) is 10.4 Å². The Kier molecular flexibility index (Phi) is 2.01. The summed E-state index contributed by atoms with van der Waals surface area (Å²) in [5.74, 6) is 0.793. The molecule has 3 rings (SSSR count). The van der Waals surface area contributed by atoms with Gasteiger partial charge in [-0.25, -0.2) is 0 Å². The highest BCUT2D eigenvalue weighted by atomic mass is 32.1. The molecule has 0 aromatic carbocycles. The summed E-state index contributed by atoms with van der Waals surface area (Å²) in [5, 5.41) is 4.43. The van der Waals surface area contributed by atoms with E-state index in [-0.39, 0.29) is 0 Å². The van der Waals surface area contributed by atoms with Gasteiger partial charge >= 0.3 is 0 Å². The van der Waals surface area contributed by atoms with E-state index >= 15 is 0 Å². The average molecular weight is 236 g/mol. The van der Waals surface area contributed by atoms with Gasteiger partial charge < -0.3 is 4.98 Å². The second kappa shape index (κ2) is 3.20. The fraction of sp³-hybridized carbons (Fsp3) is 0.636. The molecule has 1 fully saturated rings. The van der Waals surface area contributed by atoms with E-state index in [1.807, 2.05) is 18.7 Å². The van der Waals surface area contributed by atoms with E-state index in [1.165, 1.54) is 12.8 Å². The van der Waals surface area contributed by atoms with E-state index in [9.17, 15) is 0 Å². The van der Waals surface area contributed by atoms with E-state index in [1.54, 1.807) is 0 Å². The molecule has 16 heavy (non-hydrogen) atoms. The minimum Gasteiger partial charge on any atom is -0.328 e.